The van der Waals surface area contributed by atoms with E-state index in [0.717, 1.165) is 30.1 Å². The number of anilines is 2. The van der Waals surface area contributed by atoms with Gasteiger partial charge in [0.25, 0.3) is 0 Å². The van der Waals surface area contributed by atoms with Gasteiger partial charge in [0.1, 0.15) is 5.75 Å². The Hall–Kier alpha value is -3.27. The van der Waals surface area contributed by atoms with E-state index in [1.807, 2.05) is 77.7 Å². The molecule has 0 unspecified atom stereocenters. The molecular formula is C22H20N2O2. The molecule has 0 saturated heterocycles. The number of fused-ring (bicyclic) bond motifs is 1. The van der Waals surface area contributed by atoms with E-state index in [-0.39, 0.29) is 12.5 Å². The first-order valence-electron chi connectivity index (χ1n) is 8.75. The first-order chi connectivity index (χ1) is 12.8. The minimum Gasteiger partial charge on any atom is -0.455 e. The second-order valence-electron chi connectivity index (χ2n) is 6.19. The van der Waals surface area contributed by atoms with E-state index in [1.165, 1.54) is 5.56 Å². The van der Waals surface area contributed by atoms with Gasteiger partial charge < -0.3 is 15.0 Å². The van der Waals surface area contributed by atoms with Crippen LogP contribution in [0.15, 0.2) is 78.9 Å². The van der Waals surface area contributed by atoms with Crippen molar-refractivity contribution in [3.05, 3.63) is 84.4 Å². The van der Waals surface area contributed by atoms with Gasteiger partial charge in [0.2, 0.25) is 5.91 Å². The number of hydrogen-bond acceptors (Lipinski definition) is 3. The van der Waals surface area contributed by atoms with Crippen molar-refractivity contribution in [3.63, 3.8) is 0 Å². The summed E-state index contributed by atoms with van der Waals surface area (Å²) in [7, 11) is 0. The predicted molar refractivity (Wildman–Crippen MR) is 104 cm³/mol. The van der Waals surface area contributed by atoms with Gasteiger partial charge in [-0.2, -0.15) is 0 Å². The zero-order chi connectivity index (χ0) is 17.8. The molecule has 1 amide bonds. The van der Waals surface area contributed by atoms with E-state index in [4.69, 9.17) is 4.74 Å². The lowest BCUT2D eigenvalue weighted by molar-refractivity contribution is -0.116. The molecule has 3 aromatic carbocycles. The topological polar surface area (TPSA) is 41.6 Å². The summed E-state index contributed by atoms with van der Waals surface area (Å²) in [6.07, 6.45) is 0.912. The summed E-state index contributed by atoms with van der Waals surface area (Å²) < 4.78 is 5.94. The van der Waals surface area contributed by atoms with Gasteiger partial charge in [-0.25, -0.2) is 0 Å². The maximum Gasteiger partial charge on any atom is 0.246 e. The van der Waals surface area contributed by atoms with Crippen LogP contribution in [-0.2, 0) is 11.2 Å². The van der Waals surface area contributed by atoms with Crippen molar-refractivity contribution in [1.82, 2.24) is 0 Å². The Bertz CT molecular complexity index is 909. The molecule has 0 aromatic heterocycles. The van der Waals surface area contributed by atoms with E-state index in [0.29, 0.717) is 5.75 Å². The minimum absolute atomic E-state index is 0.0597. The van der Waals surface area contributed by atoms with Crippen molar-refractivity contribution in [3.8, 4) is 11.5 Å². The molecular weight excluding hydrogens is 324 g/mol. The largest absolute Gasteiger partial charge is 0.455 e. The molecule has 0 aliphatic carbocycles. The normalized spacial score (nSPS) is 12.5. The second kappa shape index (κ2) is 7.31. The van der Waals surface area contributed by atoms with Gasteiger partial charge in [0.05, 0.1) is 12.2 Å². The molecule has 4 heteroatoms. The number of ether oxygens (including phenoxy) is 1. The first-order valence-corrected chi connectivity index (χ1v) is 8.75. The highest BCUT2D eigenvalue weighted by molar-refractivity contribution is 5.98. The van der Waals surface area contributed by atoms with Crippen molar-refractivity contribution in [2.75, 3.05) is 23.3 Å². The van der Waals surface area contributed by atoms with Crippen LogP contribution in [0.3, 0.4) is 0 Å². The van der Waals surface area contributed by atoms with E-state index < -0.39 is 0 Å². The standard InChI is InChI=1S/C22H20N2O2/c25-22(24-15-14-17-8-4-6-12-20(17)24)16-23-19-11-5-7-13-21(19)26-18-9-2-1-3-10-18/h1-13,23H,14-16H2. The van der Waals surface area contributed by atoms with Crippen molar-refractivity contribution in [1.29, 1.82) is 0 Å². The van der Waals surface area contributed by atoms with E-state index >= 15 is 0 Å². The summed E-state index contributed by atoms with van der Waals surface area (Å²) in [4.78, 5) is 14.5. The molecule has 1 heterocycles. The number of carbonyl (C=O) groups excluding carboxylic acids is 1. The molecule has 26 heavy (non-hydrogen) atoms. The van der Waals surface area contributed by atoms with Gasteiger partial charge in [-0.15, -0.1) is 0 Å². The molecule has 4 nitrogen and oxygen atoms in total. The van der Waals surface area contributed by atoms with Gasteiger partial charge in [0, 0.05) is 12.2 Å². The average molecular weight is 344 g/mol. The van der Waals surface area contributed by atoms with E-state index in [2.05, 4.69) is 11.4 Å². The van der Waals surface area contributed by atoms with Gasteiger partial charge in [-0.1, -0.05) is 48.5 Å². The highest BCUT2D eigenvalue weighted by Gasteiger charge is 2.23. The van der Waals surface area contributed by atoms with Crippen LogP contribution >= 0.6 is 0 Å². The van der Waals surface area contributed by atoms with Crippen molar-refractivity contribution in [2.45, 2.75) is 6.42 Å². The average Bonchev–Trinajstić information content (AvgIpc) is 3.12. The number of nitrogens with zero attached hydrogens (tertiary/aromatic N) is 1. The molecule has 0 radical (unpaired) electrons. The van der Waals surface area contributed by atoms with Crippen LogP contribution in [0, 0.1) is 0 Å². The van der Waals surface area contributed by atoms with E-state index in [1.54, 1.807) is 0 Å². The van der Waals surface area contributed by atoms with Crippen LogP contribution in [0.1, 0.15) is 5.56 Å². The molecule has 130 valence electrons. The molecule has 0 fully saturated rings. The maximum absolute atomic E-state index is 12.7. The Morgan fingerprint density at radius 2 is 1.65 bits per heavy atom. The number of benzene rings is 3. The summed E-state index contributed by atoms with van der Waals surface area (Å²) in [6, 6.07) is 25.4. The van der Waals surface area contributed by atoms with Gasteiger partial charge in [-0.3, -0.25) is 4.79 Å². The summed E-state index contributed by atoms with van der Waals surface area (Å²) in [5, 5.41) is 3.22. The van der Waals surface area contributed by atoms with Crippen LogP contribution < -0.4 is 15.0 Å². The Morgan fingerprint density at radius 1 is 0.923 bits per heavy atom. The lowest BCUT2D eigenvalue weighted by Gasteiger charge is -2.19. The molecule has 0 spiro atoms. The fraction of sp³-hybridized carbons (Fsp3) is 0.136. The van der Waals surface area contributed by atoms with Gasteiger partial charge in [-0.05, 0) is 42.3 Å². The summed E-state index contributed by atoms with van der Waals surface area (Å²) in [5.41, 5.74) is 3.05. The molecule has 0 atom stereocenters. The van der Waals surface area contributed by atoms with Crippen LogP contribution in [0.25, 0.3) is 0 Å². The third kappa shape index (κ3) is 3.40. The van der Waals surface area contributed by atoms with Crippen molar-refractivity contribution >= 4 is 17.3 Å². The van der Waals surface area contributed by atoms with Gasteiger partial charge >= 0.3 is 0 Å². The fourth-order valence-electron chi connectivity index (χ4n) is 3.18. The Balaban J connectivity index is 1.45. The highest BCUT2D eigenvalue weighted by atomic mass is 16.5. The number of carbonyl (C=O) groups is 1. The monoisotopic (exact) mass is 344 g/mol. The summed E-state index contributed by atoms with van der Waals surface area (Å²) >= 11 is 0. The number of rotatable bonds is 5. The third-order valence-electron chi connectivity index (χ3n) is 4.48. The molecule has 0 saturated carbocycles. The molecule has 1 aliphatic heterocycles. The van der Waals surface area contributed by atoms with Crippen LogP contribution in [-0.4, -0.2) is 19.0 Å². The summed E-state index contributed by atoms with van der Waals surface area (Å²) in [6.45, 7) is 0.964. The number of nitrogens with one attached hydrogen (secondary N) is 1. The third-order valence-corrected chi connectivity index (χ3v) is 4.48. The zero-order valence-electron chi connectivity index (χ0n) is 14.4. The molecule has 1 N–H and O–H groups in total. The van der Waals surface area contributed by atoms with Crippen LogP contribution in [0.2, 0.25) is 0 Å². The molecule has 1 aliphatic rings. The quantitative estimate of drug-likeness (QED) is 0.742. The Morgan fingerprint density at radius 3 is 2.54 bits per heavy atom. The van der Waals surface area contributed by atoms with Crippen LogP contribution in [0.4, 0.5) is 11.4 Å². The first kappa shape index (κ1) is 16.2. The lowest BCUT2D eigenvalue weighted by Crippen LogP contribution is -2.34. The lowest BCUT2D eigenvalue weighted by atomic mass is 10.2. The number of para-hydroxylation sites is 4. The van der Waals surface area contributed by atoms with Gasteiger partial charge in [0.15, 0.2) is 5.75 Å². The smallest absolute Gasteiger partial charge is 0.246 e. The Kier molecular flexibility index (Phi) is 4.56. The highest BCUT2D eigenvalue weighted by Crippen LogP contribution is 2.30. The number of amides is 1. The fourth-order valence-corrected chi connectivity index (χ4v) is 3.18. The number of hydrogen-bond donors (Lipinski definition) is 1. The minimum atomic E-state index is 0.0597. The Labute approximate surface area is 153 Å². The predicted octanol–water partition coefficient (Wildman–Crippen LogP) is 4.48. The second-order valence-corrected chi connectivity index (χ2v) is 6.19. The molecule has 0 bridgehead atoms. The summed E-state index contributed by atoms with van der Waals surface area (Å²) in [5.74, 6) is 1.53. The maximum atomic E-state index is 12.7. The van der Waals surface area contributed by atoms with E-state index in [9.17, 15) is 4.79 Å². The molecule has 4 rings (SSSR count). The van der Waals surface area contributed by atoms with Crippen molar-refractivity contribution < 1.29 is 9.53 Å². The van der Waals surface area contributed by atoms with Crippen molar-refractivity contribution in [2.24, 2.45) is 0 Å². The van der Waals surface area contributed by atoms with Crippen LogP contribution in [0.5, 0.6) is 11.5 Å². The molecule has 3 aromatic rings. The zero-order valence-corrected chi connectivity index (χ0v) is 14.4. The SMILES string of the molecule is O=C(CNc1ccccc1Oc1ccccc1)N1CCc2ccccc21.